The zero-order chi connectivity index (χ0) is 15.8. The lowest BCUT2D eigenvalue weighted by Crippen LogP contribution is -2.32. The molecule has 4 heteroatoms. The number of hydrogen-bond donors (Lipinski definition) is 2. The summed E-state index contributed by atoms with van der Waals surface area (Å²) in [6, 6.07) is 8.24. The third-order valence-electron chi connectivity index (χ3n) is 3.54. The number of nitrogens with zero attached hydrogens (tertiary/aromatic N) is 1. The summed E-state index contributed by atoms with van der Waals surface area (Å²) in [6.07, 6.45) is 1.02. The predicted molar refractivity (Wildman–Crippen MR) is 89.6 cm³/mol. The van der Waals surface area contributed by atoms with Gasteiger partial charge in [-0.2, -0.15) is 0 Å². The maximum atomic E-state index is 12.1. The third-order valence-corrected chi connectivity index (χ3v) is 3.54. The Kier molecular flexibility index (Phi) is 7.23. The summed E-state index contributed by atoms with van der Waals surface area (Å²) in [6.45, 7) is 10.2. The van der Waals surface area contributed by atoms with Crippen LogP contribution in [0, 0.1) is 5.92 Å². The lowest BCUT2D eigenvalue weighted by atomic mass is 10.1. The molecule has 0 fully saturated rings. The van der Waals surface area contributed by atoms with Crippen molar-refractivity contribution in [3.05, 3.63) is 29.8 Å². The Morgan fingerprint density at radius 3 is 2.62 bits per heavy atom. The zero-order valence-electron chi connectivity index (χ0n) is 13.9. The van der Waals surface area contributed by atoms with Gasteiger partial charge in [0, 0.05) is 25.3 Å². The number of amides is 2. The molecule has 0 heterocycles. The number of nitrogens with one attached hydrogen (secondary N) is 2. The summed E-state index contributed by atoms with van der Waals surface area (Å²) in [4.78, 5) is 13.9. The maximum absolute atomic E-state index is 12.1. The van der Waals surface area contributed by atoms with Crippen LogP contribution in [-0.4, -0.2) is 31.1 Å². The van der Waals surface area contributed by atoms with Gasteiger partial charge in [0.25, 0.3) is 0 Å². The molecule has 1 atom stereocenters. The Balaban J connectivity index is 2.61. The first-order valence-electron chi connectivity index (χ1n) is 7.79. The van der Waals surface area contributed by atoms with Gasteiger partial charge in [0.15, 0.2) is 0 Å². The van der Waals surface area contributed by atoms with Gasteiger partial charge in [0.1, 0.15) is 0 Å². The van der Waals surface area contributed by atoms with E-state index in [1.165, 1.54) is 5.56 Å². The van der Waals surface area contributed by atoms with Gasteiger partial charge in [-0.1, -0.05) is 32.9 Å². The van der Waals surface area contributed by atoms with Crippen LogP contribution in [0.4, 0.5) is 10.5 Å². The Labute approximate surface area is 128 Å². The molecule has 0 aliphatic rings. The van der Waals surface area contributed by atoms with Crippen LogP contribution in [0.3, 0.4) is 0 Å². The molecule has 1 rings (SSSR count). The molecular weight excluding hydrogens is 262 g/mol. The molecule has 0 aromatic heterocycles. The molecule has 2 amide bonds. The van der Waals surface area contributed by atoms with Crippen LogP contribution in [0.15, 0.2) is 24.3 Å². The van der Waals surface area contributed by atoms with Crippen LogP contribution >= 0.6 is 0 Å². The average Bonchev–Trinajstić information content (AvgIpc) is 2.45. The summed E-state index contributed by atoms with van der Waals surface area (Å²) in [5.41, 5.74) is 2.03. The van der Waals surface area contributed by atoms with E-state index in [1.807, 2.05) is 25.2 Å². The van der Waals surface area contributed by atoms with E-state index in [2.05, 4.69) is 44.4 Å². The molecule has 0 saturated carbocycles. The number of benzene rings is 1. The maximum Gasteiger partial charge on any atom is 0.321 e. The number of carbonyl (C=O) groups is 1. The highest BCUT2D eigenvalue weighted by Gasteiger charge is 2.10. The highest BCUT2D eigenvalue weighted by Crippen LogP contribution is 2.17. The van der Waals surface area contributed by atoms with Crippen molar-refractivity contribution in [1.82, 2.24) is 10.2 Å². The van der Waals surface area contributed by atoms with Gasteiger partial charge in [-0.3, -0.25) is 0 Å². The van der Waals surface area contributed by atoms with E-state index in [4.69, 9.17) is 0 Å². The first-order valence-corrected chi connectivity index (χ1v) is 7.79. The van der Waals surface area contributed by atoms with Gasteiger partial charge < -0.3 is 15.5 Å². The molecule has 0 saturated heterocycles. The summed E-state index contributed by atoms with van der Waals surface area (Å²) in [7, 11) is 1.84. The molecule has 0 radical (unpaired) electrons. The molecule has 21 heavy (non-hydrogen) atoms. The minimum Gasteiger partial charge on any atom is -0.328 e. The molecule has 118 valence electrons. The lowest BCUT2D eigenvalue weighted by molar-refractivity contribution is 0.220. The van der Waals surface area contributed by atoms with Crippen molar-refractivity contribution in [3.63, 3.8) is 0 Å². The molecule has 4 nitrogen and oxygen atoms in total. The van der Waals surface area contributed by atoms with Gasteiger partial charge in [0.2, 0.25) is 0 Å². The number of urea groups is 1. The van der Waals surface area contributed by atoms with E-state index in [9.17, 15) is 4.79 Å². The van der Waals surface area contributed by atoms with E-state index in [-0.39, 0.29) is 12.1 Å². The van der Waals surface area contributed by atoms with Crippen LogP contribution in [0.1, 0.15) is 45.7 Å². The lowest BCUT2D eigenvalue weighted by Gasteiger charge is -2.20. The van der Waals surface area contributed by atoms with Gasteiger partial charge in [0.05, 0.1) is 0 Å². The van der Waals surface area contributed by atoms with Crippen LogP contribution < -0.4 is 10.6 Å². The van der Waals surface area contributed by atoms with Crippen molar-refractivity contribution in [2.24, 2.45) is 5.92 Å². The average molecular weight is 291 g/mol. The first-order chi connectivity index (χ1) is 9.93. The van der Waals surface area contributed by atoms with E-state index in [1.54, 1.807) is 4.90 Å². The minimum atomic E-state index is -0.0519. The van der Waals surface area contributed by atoms with Crippen molar-refractivity contribution in [1.29, 1.82) is 0 Å². The SMILES string of the molecule is CCNC(C)c1cccc(NC(=O)N(C)CCC(C)C)c1. The van der Waals surface area contributed by atoms with Crippen molar-refractivity contribution < 1.29 is 4.79 Å². The standard InChI is InChI=1S/C17H29N3O/c1-6-18-14(4)15-8-7-9-16(12-15)19-17(21)20(5)11-10-13(2)3/h7-9,12-14,18H,6,10-11H2,1-5H3,(H,19,21). The minimum absolute atomic E-state index is 0.0519. The largest absolute Gasteiger partial charge is 0.328 e. The van der Waals surface area contributed by atoms with Gasteiger partial charge in [-0.15, -0.1) is 0 Å². The van der Waals surface area contributed by atoms with Crippen molar-refractivity contribution in [2.45, 2.75) is 40.2 Å². The highest BCUT2D eigenvalue weighted by atomic mass is 16.2. The summed E-state index contributed by atoms with van der Waals surface area (Å²) in [5, 5.41) is 6.34. The second-order valence-electron chi connectivity index (χ2n) is 5.94. The molecule has 0 aliphatic carbocycles. The molecule has 2 N–H and O–H groups in total. The fourth-order valence-corrected chi connectivity index (χ4v) is 2.08. The molecule has 1 aromatic rings. The Bertz CT molecular complexity index is 445. The van der Waals surface area contributed by atoms with E-state index in [0.717, 1.165) is 25.2 Å². The van der Waals surface area contributed by atoms with Crippen LogP contribution in [-0.2, 0) is 0 Å². The third kappa shape index (κ3) is 6.17. The van der Waals surface area contributed by atoms with Crippen LogP contribution in [0.25, 0.3) is 0 Å². The monoisotopic (exact) mass is 291 g/mol. The van der Waals surface area contributed by atoms with Crippen LogP contribution in [0.5, 0.6) is 0 Å². The number of hydrogen-bond acceptors (Lipinski definition) is 2. The first kappa shape index (κ1) is 17.5. The second kappa shape index (κ2) is 8.67. The summed E-state index contributed by atoms with van der Waals surface area (Å²) >= 11 is 0. The number of anilines is 1. The molecule has 0 bridgehead atoms. The molecule has 0 spiro atoms. The fraction of sp³-hybridized carbons (Fsp3) is 0.588. The number of rotatable bonds is 7. The molecule has 0 aliphatic heterocycles. The van der Waals surface area contributed by atoms with Crippen LogP contribution in [0.2, 0.25) is 0 Å². The molecular formula is C17H29N3O. The summed E-state index contributed by atoms with van der Waals surface area (Å²) in [5.74, 6) is 0.601. The second-order valence-corrected chi connectivity index (χ2v) is 5.94. The topological polar surface area (TPSA) is 44.4 Å². The van der Waals surface area contributed by atoms with Gasteiger partial charge in [-0.25, -0.2) is 4.79 Å². The fourth-order valence-electron chi connectivity index (χ4n) is 2.08. The van der Waals surface area contributed by atoms with Gasteiger partial charge in [-0.05, 0) is 43.5 Å². The quantitative estimate of drug-likeness (QED) is 0.801. The Hall–Kier alpha value is -1.55. The van der Waals surface area contributed by atoms with Crippen molar-refractivity contribution >= 4 is 11.7 Å². The number of carbonyl (C=O) groups excluding carboxylic acids is 1. The highest BCUT2D eigenvalue weighted by molar-refractivity contribution is 5.89. The Morgan fingerprint density at radius 2 is 2.00 bits per heavy atom. The van der Waals surface area contributed by atoms with E-state index < -0.39 is 0 Å². The zero-order valence-corrected chi connectivity index (χ0v) is 13.9. The normalized spacial score (nSPS) is 12.3. The molecule has 1 unspecified atom stereocenters. The van der Waals surface area contributed by atoms with Gasteiger partial charge >= 0.3 is 6.03 Å². The Morgan fingerprint density at radius 1 is 1.29 bits per heavy atom. The van der Waals surface area contributed by atoms with Crippen molar-refractivity contribution in [3.8, 4) is 0 Å². The molecule has 1 aromatic carbocycles. The van der Waals surface area contributed by atoms with E-state index in [0.29, 0.717) is 5.92 Å². The summed E-state index contributed by atoms with van der Waals surface area (Å²) < 4.78 is 0. The smallest absolute Gasteiger partial charge is 0.321 e. The van der Waals surface area contributed by atoms with E-state index >= 15 is 0 Å². The predicted octanol–water partition coefficient (Wildman–Crippen LogP) is 3.87. The van der Waals surface area contributed by atoms with Crippen molar-refractivity contribution in [2.75, 3.05) is 25.5 Å².